The number of aromatic nitrogens is 1. The summed E-state index contributed by atoms with van der Waals surface area (Å²) in [5.41, 5.74) is 0.334. The molecule has 2 rings (SSSR count). The van der Waals surface area contributed by atoms with Crippen molar-refractivity contribution >= 4 is 15.9 Å². The molecule has 0 aliphatic carbocycles. The van der Waals surface area contributed by atoms with Gasteiger partial charge in [-0.1, -0.05) is 0 Å². The number of piperazine rings is 1. The van der Waals surface area contributed by atoms with Crippen molar-refractivity contribution in [2.45, 2.75) is 4.90 Å². The van der Waals surface area contributed by atoms with Crippen LogP contribution in [0.5, 0.6) is 0 Å². The minimum absolute atomic E-state index is 0.170. The highest BCUT2D eigenvalue weighted by Gasteiger charge is 2.29. The lowest BCUT2D eigenvalue weighted by Crippen LogP contribution is -2.46. The van der Waals surface area contributed by atoms with Crippen LogP contribution in [-0.4, -0.2) is 68.4 Å². The number of carbonyl (C=O) groups excluding carboxylic acids is 1. The van der Waals surface area contributed by atoms with Gasteiger partial charge in [0.25, 0.3) is 5.91 Å². The van der Waals surface area contributed by atoms with Gasteiger partial charge in [0.1, 0.15) is 10.6 Å². The summed E-state index contributed by atoms with van der Waals surface area (Å²) in [6.45, 7) is 2.38. The maximum atomic E-state index is 12.5. The Morgan fingerprint density at radius 1 is 1.20 bits per heavy atom. The van der Waals surface area contributed by atoms with Crippen LogP contribution in [0.4, 0.5) is 0 Å². The molecule has 1 N–H and O–H groups in total. The standard InChI is InChI=1S/C12H20N4O3S/c1-13-12(17)11-8-10(9-15(11)3)20(18,19)16-6-4-14(2)5-7-16/h8-9H,4-7H2,1-3H3,(H,13,17). The van der Waals surface area contributed by atoms with Crippen molar-refractivity contribution in [2.24, 2.45) is 7.05 Å². The monoisotopic (exact) mass is 300 g/mol. The highest BCUT2D eigenvalue weighted by molar-refractivity contribution is 7.89. The molecule has 1 aliphatic rings. The average molecular weight is 300 g/mol. The summed E-state index contributed by atoms with van der Waals surface area (Å²) >= 11 is 0. The summed E-state index contributed by atoms with van der Waals surface area (Å²) in [7, 11) is 1.62. The third kappa shape index (κ3) is 2.72. The smallest absolute Gasteiger partial charge is 0.267 e. The fourth-order valence-electron chi connectivity index (χ4n) is 2.21. The van der Waals surface area contributed by atoms with Gasteiger partial charge in [0.05, 0.1) is 0 Å². The Morgan fingerprint density at radius 3 is 2.35 bits per heavy atom. The summed E-state index contributed by atoms with van der Waals surface area (Å²) in [4.78, 5) is 13.9. The molecule has 1 amide bonds. The quantitative estimate of drug-likeness (QED) is 0.803. The van der Waals surface area contributed by atoms with Crippen LogP contribution in [0, 0.1) is 0 Å². The predicted molar refractivity (Wildman–Crippen MR) is 75.1 cm³/mol. The van der Waals surface area contributed by atoms with Crippen LogP contribution in [0.25, 0.3) is 0 Å². The summed E-state index contributed by atoms with van der Waals surface area (Å²) in [6.07, 6.45) is 1.48. The Kier molecular flexibility index (Phi) is 4.17. The van der Waals surface area contributed by atoms with E-state index in [-0.39, 0.29) is 10.8 Å². The van der Waals surface area contributed by atoms with Crippen LogP contribution in [0.15, 0.2) is 17.2 Å². The number of likely N-dealkylation sites (N-methyl/N-ethyl adjacent to an activating group) is 1. The fourth-order valence-corrected chi connectivity index (χ4v) is 3.70. The van der Waals surface area contributed by atoms with Gasteiger partial charge in [0.15, 0.2) is 0 Å². The predicted octanol–water partition coefficient (Wildman–Crippen LogP) is -0.679. The third-order valence-corrected chi connectivity index (χ3v) is 5.40. The van der Waals surface area contributed by atoms with Crippen LogP contribution >= 0.6 is 0 Å². The first kappa shape index (κ1) is 15.0. The van der Waals surface area contributed by atoms with Gasteiger partial charge < -0.3 is 14.8 Å². The van der Waals surface area contributed by atoms with E-state index < -0.39 is 10.0 Å². The molecule has 0 bridgehead atoms. The Labute approximate surface area is 119 Å². The van der Waals surface area contributed by atoms with Gasteiger partial charge in [0.2, 0.25) is 10.0 Å². The summed E-state index contributed by atoms with van der Waals surface area (Å²) in [5.74, 6) is -0.299. The molecule has 0 atom stereocenters. The first-order chi connectivity index (χ1) is 9.36. The van der Waals surface area contributed by atoms with E-state index in [1.165, 1.54) is 28.2 Å². The SMILES string of the molecule is CNC(=O)c1cc(S(=O)(=O)N2CCN(C)CC2)cn1C. The number of nitrogens with one attached hydrogen (secondary N) is 1. The van der Waals surface area contributed by atoms with Crippen LogP contribution in [0.3, 0.4) is 0 Å². The van der Waals surface area contributed by atoms with Gasteiger partial charge in [-0.25, -0.2) is 8.42 Å². The van der Waals surface area contributed by atoms with E-state index in [9.17, 15) is 13.2 Å². The van der Waals surface area contributed by atoms with Gasteiger partial charge in [0, 0.05) is 46.5 Å². The van der Waals surface area contributed by atoms with Crippen LogP contribution in [0.2, 0.25) is 0 Å². The van der Waals surface area contributed by atoms with E-state index in [4.69, 9.17) is 0 Å². The zero-order valence-electron chi connectivity index (χ0n) is 12.0. The number of nitrogens with zero attached hydrogens (tertiary/aromatic N) is 3. The molecular formula is C12H20N4O3S. The van der Waals surface area contributed by atoms with Crippen LogP contribution in [0.1, 0.15) is 10.5 Å². The average Bonchev–Trinajstić information content (AvgIpc) is 2.81. The summed E-state index contributed by atoms with van der Waals surface area (Å²) in [6, 6.07) is 1.42. The Bertz CT molecular complexity index is 600. The second-order valence-electron chi connectivity index (χ2n) is 4.96. The zero-order valence-corrected chi connectivity index (χ0v) is 12.8. The maximum Gasteiger partial charge on any atom is 0.267 e. The first-order valence-corrected chi connectivity index (χ1v) is 7.87. The number of aryl methyl sites for hydroxylation is 1. The largest absolute Gasteiger partial charge is 0.354 e. The first-order valence-electron chi connectivity index (χ1n) is 6.43. The molecular weight excluding hydrogens is 280 g/mol. The highest BCUT2D eigenvalue weighted by atomic mass is 32.2. The molecule has 1 aromatic rings. The molecule has 1 saturated heterocycles. The molecule has 2 heterocycles. The Morgan fingerprint density at radius 2 is 1.80 bits per heavy atom. The molecule has 0 radical (unpaired) electrons. The molecule has 0 unspecified atom stereocenters. The molecule has 1 aliphatic heterocycles. The topological polar surface area (TPSA) is 74.7 Å². The van der Waals surface area contributed by atoms with Crippen molar-refractivity contribution in [2.75, 3.05) is 40.3 Å². The summed E-state index contributed by atoms with van der Waals surface area (Å²) < 4.78 is 28.1. The molecule has 1 fully saturated rings. The second kappa shape index (κ2) is 5.55. The van der Waals surface area contributed by atoms with Crippen LogP contribution < -0.4 is 5.32 Å². The van der Waals surface area contributed by atoms with Crippen molar-refractivity contribution in [3.05, 3.63) is 18.0 Å². The van der Waals surface area contributed by atoms with E-state index in [0.29, 0.717) is 31.9 Å². The third-order valence-electron chi connectivity index (χ3n) is 3.54. The zero-order chi connectivity index (χ0) is 14.9. The number of amides is 1. The second-order valence-corrected chi connectivity index (χ2v) is 6.90. The lowest BCUT2D eigenvalue weighted by molar-refractivity contribution is 0.0955. The number of hydrogen-bond donors (Lipinski definition) is 1. The normalized spacial score (nSPS) is 18.1. The number of sulfonamides is 1. The molecule has 112 valence electrons. The minimum atomic E-state index is -3.52. The number of rotatable bonds is 3. The lowest BCUT2D eigenvalue weighted by atomic mass is 10.4. The molecule has 1 aromatic heterocycles. The fraction of sp³-hybridized carbons (Fsp3) is 0.583. The van der Waals surface area contributed by atoms with Gasteiger partial charge in [-0.3, -0.25) is 4.79 Å². The van der Waals surface area contributed by atoms with Crippen molar-refractivity contribution in [1.82, 2.24) is 19.1 Å². The van der Waals surface area contributed by atoms with E-state index in [2.05, 4.69) is 10.2 Å². The van der Waals surface area contributed by atoms with Crippen LogP contribution in [-0.2, 0) is 17.1 Å². The van der Waals surface area contributed by atoms with E-state index in [0.717, 1.165) is 0 Å². The lowest BCUT2D eigenvalue weighted by Gasteiger charge is -2.31. The van der Waals surface area contributed by atoms with Crippen molar-refractivity contribution < 1.29 is 13.2 Å². The van der Waals surface area contributed by atoms with E-state index in [1.807, 2.05) is 7.05 Å². The van der Waals surface area contributed by atoms with E-state index in [1.54, 1.807) is 7.05 Å². The molecule has 0 aromatic carbocycles. The number of carbonyl (C=O) groups is 1. The molecule has 0 spiro atoms. The van der Waals surface area contributed by atoms with Crippen molar-refractivity contribution in [3.8, 4) is 0 Å². The van der Waals surface area contributed by atoms with Gasteiger partial charge >= 0.3 is 0 Å². The Hall–Kier alpha value is -1.38. The number of hydrogen-bond acceptors (Lipinski definition) is 4. The molecule has 8 heteroatoms. The summed E-state index contributed by atoms with van der Waals surface area (Å²) in [5, 5.41) is 2.50. The van der Waals surface area contributed by atoms with E-state index >= 15 is 0 Å². The molecule has 7 nitrogen and oxygen atoms in total. The molecule has 0 saturated carbocycles. The van der Waals surface area contributed by atoms with Gasteiger partial charge in [-0.15, -0.1) is 0 Å². The molecule has 20 heavy (non-hydrogen) atoms. The highest BCUT2D eigenvalue weighted by Crippen LogP contribution is 2.19. The van der Waals surface area contributed by atoms with Gasteiger partial charge in [-0.05, 0) is 13.1 Å². The Balaban J connectivity index is 2.28. The minimum Gasteiger partial charge on any atom is -0.354 e. The van der Waals surface area contributed by atoms with Gasteiger partial charge in [-0.2, -0.15) is 4.31 Å². The maximum absolute atomic E-state index is 12.5. The van der Waals surface area contributed by atoms with Crippen molar-refractivity contribution in [3.63, 3.8) is 0 Å². The van der Waals surface area contributed by atoms with Crippen molar-refractivity contribution in [1.29, 1.82) is 0 Å².